The van der Waals surface area contributed by atoms with Gasteiger partial charge in [0.2, 0.25) is 5.62 Å². The second kappa shape index (κ2) is 13.8. The van der Waals surface area contributed by atoms with Gasteiger partial charge in [0.25, 0.3) is 0 Å². The number of amidine groups is 2. The van der Waals surface area contributed by atoms with Crippen LogP contribution in [0.25, 0.3) is 0 Å². The zero-order chi connectivity index (χ0) is 25.8. The molecule has 1 aromatic heterocycles. The molecule has 36 heavy (non-hydrogen) atoms. The normalized spacial score (nSPS) is 10.8. The molecule has 0 amide bonds. The molecule has 9 heteroatoms. The zero-order valence-electron chi connectivity index (χ0n) is 20.7. The minimum absolute atomic E-state index is 0.0571. The first-order chi connectivity index (χ1) is 17.4. The molecular formula is C27H37N7O2. The summed E-state index contributed by atoms with van der Waals surface area (Å²) in [5.41, 5.74) is 12.9. The summed E-state index contributed by atoms with van der Waals surface area (Å²) in [5, 5.41) is 23.2. The van der Waals surface area contributed by atoms with Crippen LogP contribution in [0.4, 0.5) is 0 Å². The Hall–Kier alpha value is -4.01. The van der Waals surface area contributed by atoms with Gasteiger partial charge in [0.05, 0.1) is 13.2 Å². The Kier molecular flexibility index (Phi) is 10.2. The third-order valence-corrected chi connectivity index (χ3v) is 5.93. The van der Waals surface area contributed by atoms with Gasteiger partial charge >= 0.3 is 0 Å². The number of ether oxygens (including phenoxy) is 2. The minimum atomic E-state index is 0.0571. The second-order valence-corrected chi connectivity index (χ2v) is 8.70. The lowest BCUT2D eigenvalue weighted by Crippen LogP contribution is -2.24. The average Bonchev–Trinajstić information content (AvgIpc) is 3.23. The highest BCUT2D eigenvalue weighted by molar-refractivity contribution is 5.95. The largest absolute Gasteiger partial charge is 0.494 e. The van der Waals surface area contributed by atoms with Crippen LogP contribution in [0.5, 0.6) is 11.5 Å². The average molecular weight is 492 g/mol. The summed E-state index contributed by atoms with van der Waals surface area (Å²) in [6.07, 6.45) is 9.93. The number of nitrogens with one attached hydrogen (secondary N) is 3. The molecule has 192 valence electrons. The Morgan fingerprint density at radius 3 is 1.36 bits per heavy atom. The van der Waals surface area contributed by atoms with Crippen molar-refractivity contribution in [2.24, 2.45) is 11.5 Å². The van der Waals surface area contributed by atoms with Crippen LogP contribution in [-0.2, 0) is 13.1 Å². The first-order valence-corrected chi connectivity index (χ1v) is 12.4. The molecule has 0 aliphatic rings. The first kappa shape index (κ1) is 26.6. The number of aromatic nitrogens is 2. The van der Waals surface area contributed by atoms with Crippen molar-refractivity contribution in [3.05, 3.63) is 77.7 Å². The van der Waals surface area contributed by atoms with Gasteiger partial charge in [-0.15, -0.1) is 0 Å². The number of rotatable bonds is 16. The molecule has 0 fully saturated rings. The lowest BCUT2D eigenvalue weighted by atomic mass is 10.2. The maximum atomic E-state index is 8.41. The van der Waals surface area contributed by atoms with Gasteiger partial charge in [-0.2, -0.15) is 0 Å². The van der Waals surface area contributed by atoms with E-state index in [1.807, 2.05) is 45.8 Å². The fraction of sp³-hybridized carbons (Fsp3) is 0.370. The van der Waals surface area contributed by atoms with Gasteiger partial charge in [-0.05, 0) is 87.1 Å². The Morgan fingerprint density at radius 1 is 0.611 bits per heavy atom. The Balaban J connectivity index is 1.25. The lowest BCUT2D eigenvalue weighted by Gasteiger charge is -2.08. The van der Waals surface area contributed by atoms with Crippen LogP contribution in [0, 0.1) is 16.2 Å². The van der Waals surface area contributed by atoms with E-state index in [9.17, 15) is 0 Å². The van der Waals surface area contributed by atoms with Gasteiger partial charge in [-0.25, -0.2) is 0 Å². The van der Waals surface area contributed by atoms with Crippen molar-refractivity contribution in [1.29, 1.82) is 16.2 Å². The van der Waals surface area contributed by atoms with Gasteiger partial charge in [-0.3, -0.25) is 16.2 Å². The summed E-state index contributed by atoms with van der Waals surface area (Å²) < 4.78 is 15.5. The third kappa shape index (κ3) is 8.33. The number of unbranched alkanes of at least 4 members (excludes halogenated alkanes) is 4. The summed E-state index contributed by atoms with van der Waals surface area (Å²) in [4.78, 5) is 0. The van der Waals surface area contributed by atoms with Crippen LogP contribution >= 0.6 is 0 Å². The number of nitrogens with two attached hydrogens (primary N) is 2. The quantitative estimate of drug-likeness (QED) is 0.117. The van der Waals surface area contributed by atoms with Crippen LogP contribution in [0.1, 0.15) is 49.7 Å². The molecule has 2 aromatic carbocycles. The van der Waals surface area contributed by atoms with E-state index >= 15 is 0 Å². The number of nitrogens with zero attached hydrogens (tertiary/aromatic N) is 2. The maximum absolute atomic E-state index is 8.41. The Morgan fingerprint density at radius 2 is 1.00 bits per heavy atom. The van der Waals surface area contributed by atoms with Crippen LogP contribution in [0.2, 0.25) is 0 Å². The number of aryl methyl sites for hydroxylation is 2. The van der Waals surface area contributed by atoms with E-state index in [1.165, 1.54) is 0 Å². The van der Waals surface area contributed by atoms with Gasteiger partial charge < -0.3 is 30.1 Å². The molecule has 7 N–H and O–H groups in total. The standard InChI is InChI=1S/C27H37N7O2/c28-25(29)21-7-11-23(12-8-21)35-19-5-1-3-15-33-17-18-34(27(33)32)16-4-2-6-20-36-24-13-9-22(10-14-24)26(30)31/h7-14,17-18,32H,1-6,15-16,19-20H2,(H3,28,29)(H3,30,31). The molecule has 0 aliphatic carbocycles. The molecule has 0 spiro atoms. The van der Waals surface area contributed by atoms with Gasteiger partial charge in [0.15, 0.2) is 0 Å². The fourth-order valence-corrected chi connectivity index (χ4v) is 3.79. The molecule has 0 aliphatic heterocycles. The predicted octanol–water partition coefficient (Wildman–Crippen LogP) is 3.84. The molecule has 3 rings (SSSR count). The molecule has 0 bridgehead atoms. The zero-order valence-corrected chi connectivity index (χ0v) is 20.7. The summed E-state index contributed by atoms with van der Waals surface area (Å²) in [5.74, 6) is 1.69. The van der Waals surface area contributed by atoms with Crippen LogP contribution < -0.4 is 26.6 Å². The fourth-order valence-electron chi connectivity index (χ4n) is 3.79. The molecule has 9 nitrogen and oxygen atoms in total. The molecule has 0 saturated carbocycles. The van der Waals surface area contributed by atoms with E-state index in [1.54, 1.807) is 24.3 Å². The molecule has 0 saturated heterocycles. The molecule has 0 unspecified atom stereocenters. The third-order valence-electron chi connectivity index (χ3n) is 5.93. The van der Waals surface area contributed by atoms with Gasteiger partial charge in [-0.1, -0.05) is 0 Å². The van der Waals surface area contributed by atoms with Crippen molar-refractivity contribution in [3.63, 3.8) is 0 Å². The van der Waals surface area contributed by atoms with Crippen molar-refractivity contribution in [1.82, 2.24) is 9.13 Å². The second-order valence-electron chi connectivity index (χ2n) is 8.70. The maximum Gasteiger partial charge on any atom is 0.202 e. The van der Waals surface area contributed by atoms with E-state index in [4.69, 9.17) is 37.2 Å². The summed E-state index contributed by atoms with van der Waals surface area (Å²) in [6, 6.07) is 14.5. The molecule has 3 aromatic rings. The van der Waals surface area contributed by atoms with Gasteiger partial charge in [0, 0.05) is 36.6 Å². The van der Waals surface area contributed by atoms with Crippen molar-refractivity contribution < 1.29 is 9.47 Å². The molecular weight excluding hydrogens is 454 g/mol. The van der Waals surface area contributed by atoms with Gasteiger partial charge in [0.1, 0.15) is 23.2 Å². The topological polar surface area (TPSA) is 152 Å². The Bertz CT molecular complexity index is 1070. The summed E-state index contributed by atoms with van der Waals surface area (Å²) in [6.45, 7) is 2.95. The highest BCUT2D eigenvalue weighted by Crippen LogP contribution is 2.14. The highest BCUT2D eigenvalue weighted by atomic mass is 16.5. The van der Waals surface area contributed by atoms with Crippen molar-refractivity contribution in [2.45, 2.75) is 51.6 Å². The minimum Gasteiger partial charge on any atom is -0.494 e. The van der Waals surface area contributed by atoms with Crippen molar-refractivity contribution >= 4 is 11.7 Å². The van der Waals surface area contributed by atoms with E-state index in [0.29, 0.717) is 30.0 Å². The monoisotopic (exact) mass is 491 g/mol. The van der Waals surface area contributed by atoms with Crippen molar-refractivity contribution in [2.75, 3.05) is 13.2 Å². The van der Waals surface area contributed by atoms with E-state index in [0.717, 1.165) is 63.1 Å². The van der Waals surface area contributed by atoms with E-state index in [-0.39, 0.29) is 11.7 Å². The number of hydrogen-bond donors (Lipinski definition) is 5. The first-order valence-electron chi connectivity index (χ1n) is 12.4. The van der Waals surface area contributed by atoms with Crippen LogP contribution in [0.3, 0.4) is 0 Å². The molecule has 0 atom stereocenters. The van der Waals surface area contributed by atoms with E-state index < -0.39 is 0 Å². The Labute approximate surface area is 212 Å². The summed E-state index contributed by atoms with van der Waals surface area (Å²) in [7, 11) is 0. The predicted molar refractivity (Wildman–Crippen MR) is 142 cm³/mol. The molecule has 0 radical (unpaired) electrons. The van der Waals surface area contributed by atoms with Crippen LogP contribution in [-0.4, -0.2) is 34.0 Å². The highest BCUT2D eigenvalue weighted by Gasteiger charge is 2.02. The van der Waals surface area contributed by atoms with Crippen molar-refractivity contribution in [3.8, 4) is 11.5 Å². The van der Waals surface area contributed by atoms with E-state index in [2.05, 4.69) is 0 Å². The SMILES string of the molecule is N=C(N)c1ccc(OCCCCCn2ccn(CCCCCOc3ccc(C(=N)N)cc3)c2=N)cc1. The number of imidazole rings is 1. The molecule has 1 heterocycles. The smallest absolute Gasteiger partial charge is 0.202 e. The number of hydrogen-bond acceptors (Lipinski definition) is 5. The number of benzene rings is 2. The lowest BCUT2D eigenvalue weighted by molar-refractivity contribution is 0.303. The number of nitrogen functional groups attached to an aromatic ring is 2. The summed E-state index contributed by atoms with van der Waals surface area (Å²) >= 11 is 0. The van der Waals surface area contributed by atoms with Crippen LogP contribution in [0.15, 0.2) is 60.9 Å².